The number of nitrogens with zero attached hydrogens (tertiary/aromatic N) is 2. The normalized spacial score (nSPS) is 27.7. The zero-order valence-electron chi connectivity index (χ0n) is 11.2. The fraction of sp³-hybridized carbons (Fsp3) is 0.500. The summed E-state index contributed by atoms with van der Waals surface area (Å²) in [6.07, 6.45) is 3.63. The van der Waals surface area contributed by atoms with Gasteiger partial charge in [-0.1, -0.05) is 15.9 Å². The van der Waals surface area contributed by atoms with Crippen LogP contribution in [0.2, 0.25) is 0 Å². The predicted octanol–water partition coefficient (Wildman–Crippen LogP) is 3.26. The highest BCUT2D eigenvalue weighted by Gasteiger charge is 2.42. The van der Waals surface area contributed by atoms with E-state index in [2.05, 4.69) is 15.9 Å². The van der Waals surface area contributed by atoms with Crippen LogP contribution in [0.1, 0.15) is 36.0 Å². The lowest BCUT2D eigenvalue weighted by Gasteiger charge is -2.37. The lowest BCUT2D eigenvalue weighted by atomic mass is 10.0. The number of fused-ring (bicyclic) bond motifs is 2. The minimum absolute atomic E-state index is 0.0617. The Morgan fingerprint density at radius 3 is 2.48 bits per heavy atom. The quantitative estimate of drug-likeness (QED) is 0.464. The van der Waals surface area contributed by atoms with Gasteiger partial charge in [0.15, 0.2) is 0 Å². The van der Waals surface area contributed by atoms with Gasteiger partial charge in [-0.05, 0) is 31.7 Å². The number of hydrogen-bond acceptors (Lipinski definition) is 3. The number of rotatable bonds is 2. The summed E-state index contributed by atoms with van der Waals surface area (Å²) in [5.74, 6) is -1.06. The van der Waals surface area contributed by atoms with E-state index in [1.54, 1.807) is 4.90 Å². The topological polar surface area (TPSA) is 63.4 Å². The number of halogens is 2. The number of carbonyl (C=O) groups is 1. The number of piperidine rings is 1. The van der Waals surface area contributed by atoms with Crippen LogP contribution in [-0.2, 0) is 0 Å². The fourth-order valence-corrected chi connectivity index (χ4v) is 4.26. The van der Waals surface area contributed by atoms with Crippen molar-refractivity contribution in [2.24, 2.45) is 0 Å². The second kappa shape index (κ2) is 5.36. The van der Waals surface area contributed by atoms with Crippen LogP contribution >= 0.6 is 15.9 Å². The highest BCUT2D eigenvalue weighted by molar-refractivity contribution is 9.09. The number of nitro benzene ring substituents is 1. The molecule has 0 spiro atoms. The Balaban J connectivity index is 1.91. The molecular formula is C14H14BrFN2O3. The minimum Gasteiger partial charge on any atom is -0.333 e. The molecule has 1 aromatic carbocycles. The molecule has 0 N–H and O–H groups in total. The molecule has 2 aliphatic heterocycles. The lowest BCUT2D eigenvalue weighted by molar-refractivity contribution is -0.385. The highest BCUT2D eigenvalue weighted by atomic mass is 79.9. The van der Waals surface area contributed by atoms with Gasteiger partial charge in [-0.2, -0.15) is 0 Å². The Morgan fingerprint density at radius 1 is 1.29 bits per heavy atom. The molecule has 7 heteroatoms. The SMILES string of the molecule is O=C(c1cc(F)cc([N+](=O)[O-])c1)N1C2CCC1CC(Br)C2. The number of carbonyl (C=O) groups excluding carboxylic acids is 1. The van der Waals surface area contributed by atoms with E-state index in [4.69, 9.17) is 0 Å². The van der Waals surface area contributed by atoms with Crippen LogP contribution in [0.25, 0.3) is 0 Å². The van der Waals surface area contributed by atoms with E-state index in [1.165, 1.54) is 0 Å². The van der Waals surface area contributed by atoms with Crippen molar-refractivity contribution in [2.45, 2.75) is 42.6 Å². The molecule has 2 aliphatic rings. The van der Waals surface area contributed by atoms with E-state index < -0.39 is 10.7 Å². The van der Waals surface area contributed by atoms with Crippen LogP contribution in [0.5, 0.6) is 0 Å². The molecule has 2 saturated heterocycles. The third-order valence-corrected chi connectivity index (χ3v) is 5.00. The zero-order chi connectivity index (χ0) is 15.1. The van der Waals surface area contributed by atoms with Crippen molar-refractivity contribution in [3.8, 4) is 0 Å². The minimum atomic E-state index is -0.754. The van der Waals surface area contributed by atoms with Gasteiger partial charge in [-0.3, -0.25) is 14.9 Å². The van der Waals surface area contributed by atoms with Gasteiger partial charge in [0.2, 0.25) is 0 Å². The van der Waals surface area contributed by atoms with Crippen molar-refractivity contribution < 1.29 is 14.1 Å². The van der Waals surface area contributed by atoms with Gasteiger partial charge in [0, 0.05) is 28.5 Å². The van der Waals surface area contributed by atoms with Gasteiger partial charge in [0.05, 0.1) is 11.0 Å². The number of non-ortho nitro benzene ring substituents is 1. The van der Waals surface area contributed by atoms with Crippen molar-refractivity contribution in [3.63, 3.8) is 0 Å². The number of nitro groups is 1. The Bertz CT molecular complexity index is 596. The van der Waals surface area contributed by atoms with Gasteiger partial charge in [-0.25, -0.2) is 4.39 Å². The first-order chi connectivity index (χ1) is 9.95. The molecular weight excluding hydrogens is 343 g/mol. The predicted molar refractivity (Wildman–Crippen MR) is 78.0 cm³/mol. The number of amides is 1. The summed E-state index contributed by atoms with van der Waals surface area (Å²) in [6, 6.07) is 3.35. The maximum atomic E-state index is 13.5. The van der Waals surface area contributed by atoms with E-state index >= 15 is 0 Å². The van der Waals surface area contributed by atoms with Crippen molar-refractivity contribution >= 4 is 27.5 Å². The summed E-state index contributed by atoms with van der Waals surface area (Å²) in [7, 11) is 0. The summed E-state index contributed by atoms with van der Waals surface area (Å²) >= 11 is 3.60. The van der Waals surface area contributed by atoms with Crippen LogP contribution < -0.4 is 0 Å². The first kappa shape index (κ1) is 14.4. The molecule has 0 aromatic heterocycles. The molecule has 2 fully saturated rings. The molecule has 2 bridgehead atoms. The number of benzene rings is 1. The number of alkyl halides is 1. The third-order valence-electron chi connectivity index (χ3n) is 4.25. The molecule has 0 saturated carbocycles. The van der Waals surface area contributed by atoms with E-state index in [9.17, 15) is 19.3 Å². The summed E-state index contributed by atoms with van der Waals surface area (Å²) in [5, 5.41) is 10.8. The summed E-state index contributed by atoms with van der Waals surface area (Å²) in [5.41, 5.74) is -0.326. The molecule has 2 unspecified atom stereocenters. The van der Waals surface area contributed by atoms with Crippen LogP contribution in [-0.4, -0.2) is 32.6 Å². The second-order valence-electron chi connectivity index (χ2n) is 5.62. The Hall–Kier alpha value is -1.50. The molecule has 5 nitrogen and oxygen atoms in total. The maximum Gasteiger partial charge on any atom is 0.273 e. The van der Waals surface area contributed by atoms with Crippen LogP contribution in [0.15, 0.2) is 18.2 Å². The van der Waals surface area contributed by atoms with Crippen molar-refractivity contribution in [3.05, 3.63) is 39.7 Å². The Morgan fingerprint density at radius 2 is 1.90 bits per heavy atom. The first-order valence-corrected chi connectivity index (χ1v) is 7.79. The van der Waals surface area contributed by atoms with E-state index in [0.717, 1.165) is 43.9 Å². The van der Waals surface area contributed by atoms with Gasteiger partial charge in [-0.15, -0.1) is 0 Å². The van der Waals surface area contributed by atoms with Gasteiger partial charge >= 0.3 is 0 Å². The first-order valence-electron chi connectivity index (χ1n) is 6.87. The van der Waals surface area contributed by atoms with Crippen LogP contribution in [0, 0.1) is 15.9 Å². The van der Waals surface area contributed by atoms with E-state index in [0.29, 0.717) is 4.83 Å². The van der Waals surface area contributed by atoms with E-state index in [1.807, 2.05) is 0 Å². The average molecular weight is 357 g/mol. The highest BCUT2D eigenvalue weighted by Crippen LogP contribution is 2.39. The van der Waals surface area contributed by atoms with Crippen molar-refractivity contribution in [1.29, 1.82) is 0 Å². The largest absolute Gasteiger partial charge is 0.333 e. The van der Waals surface area contributed by atoms with Crippen molar-refractivity contribution in [1.82, 2.24) is 4.90 Å². The molecule has 21 heavy (non-hydrogen) atoms. The molecule has 0 radical (unpaired) electrons. The Kier molecular flexibility index (Phi) is 3.69. The Labute approximate surface area is 129 Å². The summed E-state index contributed by atoms with van der Waals surface area (Å²) in [6.45, 7) is 0. The molecule has 0 aliphatic carbocycles. The molecule has 2 atom stereocenters. The van der Waals surface area contributed by atoms with Gasteiger partial charge in [0.25, 0.3) is 11.6 Å². The molecule has 2 heterocycles. The fourth-order valence-electron chi connectivity index (χ4n) is 3.39. The standard InChI is InChI=1S/C14H14BrFN2O3/c15-9-5-11-1-2-12(6-9)17(11)14(19)8-3-10(16)7-13(4-8)18(20)21/h3-4,7,9,11-12H,1-2,5-6H2. The second-order valence-corrected chi connectivity index (χ2v) is 6.92. The monoisotopic (exact) mass is 356 g/mol. The van der Waals surface area contributed by atoms with E-state index in [-0.39, 0.29) is 29.2 Å². The molecule has 1 amide bonds. The smallest absolute Gasteiger partial charge is 0.273 e. The van der Waals surface area contributed by atoms with Crippen LogP contribution in [0.4, 0.5) is 10.1 Å². The third kappa shape index (κ3) is 2.66. The average Bonchev–Trinajstić information content (AvgIpc) is 2.69. The summed E-state index contributed by atoms with van der Waals surface area (Å²) < 4.78 is 13.5. The molecule has 1 aromatic rings. The number of hydrogen-bond donors (Lipinski definition) is 0. The van der Waals surface area contributed by atoms with Gasteiger partial charge in [0.1, 0.15) is 5.82 Å². The van der Waals surface area contributed by atoms with Crippen LogP contribution in [0.3, 0.4) is 0 Å². The maximum absolute atomic E-state index is 13.5. The molecule has 3 rings (SSSR count). The summed E-state index contributed by atoms with van der Waals surface area (Å²) in [4.78, 5) is 24.9. The molecule has 112 valence electrons. The van der Waals surface area contributed by atoms with Crippen molar-refractivity contribution in [2.75, 3.05) is 0 Å². The lowest BCUT2D eigenvalue weighted by Crippen LogP contribution is -2.46. The zero-order valence-corrected chi connectivity index (χ0v) is 12.8. The van der Waals surface area contributed by atoms with Gasteiger partial charge < -0.3 is 4.90 Å².